The van der Waals surface area contributed by atoms with E-state index in [1.54, 1.807) is 6.20 Å². The fourth-order valence-electron chi connectivity index (χ4n) is 4.00. The van der Waals surface area contributed by atoms with Gasteiger partial charge in [-0.3, -0.25) is 0 Å². The Bertz CT molecular complexity index is 1000. The topological polar surface area (TPSA) is 78.9 Å². The molecule has 0 fully saturated rings. The number of nitrogens with one attached hydrogen (secondary N) is 2. The molecule has 156 valence electrons. The Morgan fingerprint density at radius 3 is 2.67 bits per heavy atom. The van der Waals surface area contributed by atoms with Crippen molar-refractivity contribution in [2.24, 2.45) is 5.41 Å². The molecule has 1 unspecified atom stereocenters. The molecule has 2 N–H and O–H groups in total. The molecular weight excluding hydrogens is 374 g/mol. The number of hydrogen-bond donors (Lipinski definition) is 2. The molecule has 3 aromatic rings. The molecule has 7 nitrogen and oxygen atoms in total. The van der Waals surface area contributed by atoms with E-state index in [0.29, 0.717) is 5.95 Å². The van der Waals surface area contributed by atoms with Crippen LogP contribution < -0.4 is 15.5 Å². The first-order valence-electron chi connectivity index (χ1n) is 10.3. The van der Waals surface area contributed by atoms with E-state index >= 15 is 0 Å². The number of benzene rings is 1. The molecule has 0 radical (unpaired) electrons. The molecule has 0 saturated heterocycles. The van der Waals surface area contributed by atoms with Gasteiger partial charge in [-0.2, -0.15) is 4.98 Å². The molecule has 0 bridgehead atoms. The number of rotatable bonds is 6. The summed E-state index contributed by atoms with van der Waals surface area (Å²) in [6.45, 7) is 5.34. The van der Waals surface area contributed by atoms with E-state index in [4.69, 9.17) is 4.98 Å². The van der Waals surface area contributed by atoms with Crippen LogP contribution in [0.15, 0.2) is 48.8 Å². The summed E-state index contributed by atoms with van der Waals surface area (Å²) < 4.78 is 0. The molecule has 1 aliphatic carbocycles. The second kappa shape index (κ2) is 8.26. The number of aromatic nitrogens is 4. The second-order valence-electron chi connectivity index (χ2n) is 8.67. The van der Waals surface area contributed by atoms with Crippen molar-refractivity contribution in [3.8, 4) is 0 Å². The molecule has 2 heterocycles. The van der Waals surface area contributed by atoms with Gasteiger partial charge in [0.2, 0.25) is 11.9 Å². The van der Waals surface area contributed by atoms with E-state index in [0.717, 1.165) is 42.4 Å². The maximum atomic E-state index is 4.95. The molecule has 2 aromatic heterocycles. The third-order valence-electron chi connectivity index (χ3n) is 5.48. The average molecular weight is 404 g/mol. The molecule has 0 spiro atoms. The summed E-state index contributed by atoms with van der Waals surface area (Å²) in [7, 11) is 3.89. The minimum absolute atomic E-state index is 0.0735. The fraction of sp³-hybridized carbons (Fsp3) is 0.391. The molecule has 0 amide bonds. The van der Waals surface area contributed by atoms with Crippen molar-refractivity contribution < 1.29 is 0 Å². The van der Waals surface area contributed by atoms with Crippen LogP contribution in [-0.4, -0.2) is 34.0 Å². The maximum absolute atomic E-state index is 4.95. The molecule has 7 heteroatoms. The Balaban J connectivity index is 1.59. The van der Waals surface area contributed by atoms with E-state index in [9.17, 15) is 0 Å². The first kappa shape index (κ1) is 20.1. The van der Waals surface area contributed by atoms with Crippen LogP contribution in [0.4, 0.5) is 17.7 Å². The Hall–Kier alpha value is -3.22. The quantitative estimate of drug-likeness (QED) is 0.642. The zero-order valence-electron chi connectivity index (χ0n) is 18.1. The summed E-state index contributed by atoms with van der Waals surface area (Å²) in [5.74, 6) is 2.15. The van der Waals surface area contributed by atoms with Gasteiger partial charge in [-0.1, -0.05) is 44.2 Å². The van der Waals surface area contributed by atoms with Gasteiger partial charge in [0, 0.05) is 38.6 Å². The van der Waals surface area contributed by atoms with E-state index < -0.39 is 0 Å². The molecule has 30 heavy (non-hydrogen) atoms. The minimum atomic E-state index is 0.0735. The number of hydrogen-bond acceptors (Lipinski definition) is 7. The predicted molar refractivity (Wildman–Crippen MR) is 121 cm³/mol. The lowest BCUT2D eigenvalue weighted by molar-refractivity contribution is 0.286. The Kier molecular flexibility index (Phi) is 5.53. The van der Waals surface area contributed by atoms with Gasteiger partial charge >= 0.3 is 0 Å². The van der Waals surface area contributed by atoms with Crippen molar-refractivity contribution in [1.82, 2.24) is 19.9 Å². The summed E-state index contributed by atoms with van der Waals surface area (Å²) >= 11 is 0. The predicted octanol–water partition coefficient (Wildman–Crippen LogP) is 4.07. The number of anilines is 3. The van der Waals surface area contributed by atoms with Gasteiger partial charge in [-0.05, 0) is 29.9 Å². The van der Waals surface area contributed by atoms with Crippen LogP contribution in [0.1, 0.15) is 43.1 Å². The first-order valence-corrected chi connectivity index (χ1v) is 10.3. The van der Waals surface area contributed by atoms with Gasteiger partial charge in [0.15, 0.2) is 0 Å². The lowest BCUT2D eigenvalue weighted by Gasteiger charge is -2.36. The fourth-order valence-corrected chi connectivity index (χ4v) is 4.00. The highest BCUT2D eigenvalue weighted by molar-refractivity contribution is 5.43. The van der Waals surface area contributed by atoms with E-state index in [1.807, 2.05) is 32.4 Å². The van der Waals surface area contributed by atoms with Crippen molar-refractivity contribution in [2.75, 3.05) is 29.6 Å². The lowest BCUT2D eigenvalue weighted by atomic mass is 9.74. The second-order valence-corrected chi connectivity index (χ2v) is 8.67. The zero-order valence-corrected chi connectivity index (χ0v) is 18.1. The summed E-state index contributed by atoms with van der Waals surface area (Å²) in [4.78, 5) is 20.6. The zero-order chi connectivity index (χ0) is 21.1. The highest BCUT2D eigenvalue weighted by Crippen LogP contribution is 2.41. The van der Waals surface area contributed by atoms with Crippen molar-refractivity contribution in [3.63, 3.8) is 0 Å². The summed E-state index contributed by atoms with van der Waals surface area (Å²) in [5.41, 5.74) is 3.58. The van der Waals surface area contributed by atoms with Gasteiger partial charge in [0.05, 0.1) is 11.7 Å². The Morgan fingerprint density at radius 1 is 1.10 bits per heavy atom. The van der Waals surface area contributed by atoms with Crippen LogP contribution in [0.2, 0.25) is 0 Å². The van der Waals surface area contributed by atoms with Crippen LogP contribution in [0.3, 0.4) is 0 Å². The maximum Gasteiger partial charge on any atom is 0.225 e. The van der Waals surface area contributed by atoms with Crippen molar-refractivity contribution in [3.05, 3.63) is 65.6 Å². The number of nitrogens with zero attached hydrogens (tertiary/aromatic N) is 5. The van der Waals surface area contributed by atoms with Gasteiger partial charge in [-0.25, -0.2) is 15.0 Å². The third kappa shape index (κ3) is 4.50. The van der Waals surface area contributed by atoms with Crippen LogP contribution in [-0.2, 0) is 13.0 Å². The lowest BCUT2D eigenvalue weighted by Crippen LogP contribution is -2.31. The average Bonchev–Trinajstić information content (AvgIpc) is 2.73. The monoisotopic (exact) mass is 403 g/mol. The van der Waals surface area contributed by atoms with E-state index in [-0.39, 0.29) is 11.5 Å². The van der Waals surface area contributed by atoms with Gasteiger partial charge in [0.1, 0.15) is 5.82 Å². The highest BCUT2D eigenvalue weighted by atomic mass is 15.2. The smallest absolute Gasteiger partial charge is 0.225 e. The molecule has 1 aromatic carbocycles. The third-order valence-corrected chi connectivity index (χ3v) is 5.48. The van der Waals surface area contributed by atoms with Gasteiger partial charge in [-0.15, -0.1) is 0 Å². The van der Waals surface area contributed by atoms with Gasteiger partial charge < -0.3 is 15.5 Å². The standard InChI is InChI=1S/C23H29N7/c1-23(2)12-18(27-21-25-11-10-20(24-3)29-21)17-14-26-22(28-19(17)13-23)30(4)15-16-8-6-5-7-9-16/h5-11,14,18H,12-13,15H2,1-4H3,(H2,24,25,27,29). The Labute approximate surface area is 178 Å². The van der Waals surface area contributed by atoms with Crippen LogP contribution in [0.5, 0.6) is 0 Å². The molecule has 1 aliphatic rings. The van der Waals surface area contributed by atoms with Crippen LogP contribution >= 0.6 is 0 Å². The van der Waals surface area contributed by atoms with Crippen molar-refractivity contribution in [1.29, 1.82) is 0 Å². The van der Waals surface area contributed by atoms with E-state index in [1.165, 1.54) is 5.56 Å². The molecule has 1 atom stereocenters. The summed E-state index contributed by atoms with van der Waals surface area (Å²) in [6.07, 6.45) is 5.62. The normalized spacial score (nSPS) is 17.1. The van der Waals surface area contributed by atoms with Gasteiger partial charge in [0.25, 0.3) is 0 Å². The summed E-state index contributed by atoms with van der Waals surface area (Å²) in [5, 5.41) is 6.56. The first-order chi connectivity index (χ1) is 14.4. The summed E-state index contributed by atoms with van der Waals surface area (Å²) in [6, 6.07) is 12.3. The Morgan fingerprint density at radius 2 is 1.90 bits per heavy atom. The van der Waals surface area contributed by atoms with Crippen molar-refractivity contribution >= 4 is 17.7 Å². The SMILES string of the molecule is CNc1ccnc(NC2CC(C)(C)Cc3nc(N(C)Cc4ccccc4)ncc32)n1. The molecule has 0 saturated carbocycles. The number of fused-ring (bicyclic) bond motifs is 1. The van der Waals surface area contributed by atoms with Crippen LogP contribution in [0.25, 0.3) is 0 Å². The molecule has 4 rings (SSSR count). The minimum Gasteiger partial charge on any atom is -0.373 e. The molecule has 0 aliphatic heterocycles. The van der Waals surface area contributed by atoms with Crippen molar-refractivity contribution in [2.45, 2.75) is 39.3 Å². The van der Waals surface area contributed by atoms with E-state index in [2.05, 4.69) is 68.6 Å². The highest BCUT2D eigenvalue weighted by Gasteiger charge is 2.34. The molecular formula is C23H29N7. The van der Waals surface area contributed by atoms with Crippen LogP contribution in [0, 0.1) is 5.41 Å². The largest absolute Gasteiger partial charge is 0.373 e.